The Balaban J connectivity index is 1.78. The molecule has 3 heterocycles. The minimum atomic E-state index is -1.01. The Labute approximate surface area is 161 Å². The summed E-state index contributed by atoms with van der Waals surface area (Å²) >= 11 is 0. The molecule has 0 radical (unpaired) electrons. The van der Waals surface area contributed by atoms with Gasteiger partial charge in [-0.25, -0.2) is 9.37 Å². The Kier molecular flexibility index (Phi) is 4.64. The van der Waals surface area contributed by atoms with Gasteiger partial charge in [0.2, 0.25) is 5.95 Å². The van der Waals surface area contributed by atoms with Gasteiger partial charge in [0, 0.05) is 19.3 Å². The van der Waals surface area contributed by atoms with Gasteiger partial charge >= 0.3 is 0 Å². The van der Waals surface area contributed by atoms with Crippen molar-refractivity contribution in [2.75, 3.05) is 18.0 Å². The van der Waals surface area contributed by atoms with E-state index in [-0.39, 0.29) is 0 Å². The van der Waals surface area contributed by atoms with Gasteiger partial charge in [-0.15, -0.1) is 0 Å². The summed E-state index contributed by atoms with van der Waals surface area (Å²) in [5.74, 6) is 0.679. The SMILES string of the molecule is N#Cc1ccc(Cn2c(N3CC[C@H](F)[C@H](N)C3)nc3ccc(C#N)cc32)nc1. The molecule has 1 saturated heterocycles. The van der Waals surface area contributed by atoms with Gasteiger partial charge in [0.05, 0.1) is 46.5 Å². The summed E-state index contributed by atoms with van der Waals surface area (Å²) in [4.78, 5) is 11.1. The van der Waals surface area contributed by atoms with E-state index >= 15 is 0 Å². The van der Waals surface area contributed by atoms with Crippen LogP contribution in [-0.2, 0) is 6.54 Å². The summed E-state index contributed by atoms with van der Waals surface area (Å²) < 4.78 is 15.8. The van der Waals surface area contributed by atoms with E-state index in [1.54, 1.807) is 24.3 Å². The van der Waals surface area contributed by atoms with Crippen LogP contribution >= 0.6 is 0 Å². The third-order valence-electron chi connectivity index (χ3n) is 4.98. The number of nitriles is 2. The van der Waals surface area contributed by atoms with Crippen molar-refractivity contribution in [2.45, 2.75) is 25.2 Å². The van der Waals surface area contributed by atoms with Crippen LogP contribution in [0.5, 0.6) is 0 Å². The van der Waals surface area contributed by atoms with Crippen LogP contribution in [-0.4, -0.2) is 39.8 Å². The molecule has 1 aromatic carbocycles. The van der Waals surface area contributed by atoms with Gasteiger partial charge in [0.25, 0.3) is 0 Å². The standard InChI is InChI=1S/C20H18FN7/c21-16-5-6-27(12-17(16)24)20-26-18-4-2-13(8-22)7-19(18)28(20)11-15-3-1-14(9-23)10-25-15/h1-4,7,10,16-17H,5-6,11-12,24H2/t16-,17+/m0/s1. The minimum absolute atomic E-state index is 0.350. The largest absolute Gasteiger partial charge is 0.340 e. The second-order valence-corrected chi connectivity index (χ2v) is 6.88. The molecule has 0 spiro atoms. The topological polar surface area (TPSA) is 108 Å². The Morgan fingerprint density at radius 1 is 1.18 bits per heavy atom. The van der Waals surface area contributed by atoms with E-state index < -0.39 is 12.2 Å². The number of imidazole rings is 1. The quantitative estimate of drug-likeness (QED) is 0.751. The number of pyridine rings is 1. The molecule has 2 aromatic heterocycles. The molecule has 1 aliphatic rings. The lowest BCUT2D eigenvalue weighted by Crippen LogP contribution is -2.50. The van der Waals surface area contributed by atoms with Gasteiger partial charge in [-0.3, -0.25) is 4.98 Å². The first-order valence-corrected chi connectivity index (χ1v) is 8.99. The van der Waals surface area contributed by atoms with Crippen molar-refractivity contribution in [2.24, 2.45) is 5.73 Å². The van der Waals surface area contributed by atoms with Crippen molar-refractivity contribution in [3.63, 3.8) is 0 Å². The number of anilines is 1. The Bertz CT molecular complexity index is 1090. The predicted molar refractivity (Wildman–Crippen MR) is 102 cm³/mol. The fourth-order valence-corrected chi connectivity index (χ4v) is 3.46. The van der Waals surface area contributed by atoms with E-state index in [2.05, 4.69) is 17.1 Å². The summed E-state index contributed by atoms with van der Waals surface area (Å²) in [6.07, 6.45) is 0.863. The van der Waals surface area contributed by atoms with E-state index in [0.29, 0.717) is 43.1 Å². The van der Waals surface area contributed by atoms with Crippen LogP contribution in [0.1, 0.15) is 23.2 Å². The van der Waals surface area contributed by atoms with Crippen LogP contribution in [0.25, 0.3) is 11.0 Å². The van der Waals surface area contributed by atoms with E-state index in [9.17, 15) is 9.65 Å². The Hall–Kier alpha value is -3.49. The zero-order valence-electron chi connectivity index (χ0n) is 15.1. The molecule has 7 nitrogen and oxygen atoms in total. The zero-order valence-corrected chi connectivity index (χ0v) is 15.1. The Morgan fingerprint density at radius 3 is 2.64 bits per heavy atom. The first-order chi connectivity index (χ1) is 13.6. The summed E-state index contributed by atoms with van der Waals surface area (Å²) in [6, 6.07) is 12.5. The van der Waals surface area contributed by atoms with Crippen molar-refractivity contribution in [1.29, 1.82) is 10.5 Å². The summed E-state index contributed by atoms with van der Waals surface area (Å²) in [5, 5.41) is 18.2. The van der Waals surface area contributed by atoms with Crippen LogP contribution in [0.2, 0.25) is 0 Å². The number of halogens is 1. The summed E-state index contributed by atoms with van der Waals surface area (Å²) in [7, 11) is 0. The number of hydrogen-bond donors (Lipinski definition) is 1. The molecule has 8 heteroatoms. The number of nitrogens with two attached hydrogens (primary N) is 1. The number of hydrogen-bond acceptors (Lipinski definition) is 6. The van der Waals surface area contributed by atoms with Crippen molar-refractivity contribution in [3.05, 3.63) is 53.3 Å². The molecular formula is C20H18FN7. The second kappa shape index (κ2) is 7.26. The summed E-state index contributed by atoms with van der Waals surface area (Å²) in [6.45, 7) is 1.30. The fourth-order valence-electron chi connectivity index (χ4n) is 3.46. The van der Waals surface area contributed by atoms with Crippen molar-refractivity contribution < 1.29 is 4.39 Å². The van der Waals surface area contributed by atoms with Crippen LogP contribution in [0, 0.1) is 22.7 Å². The van der Waals surface area contributed by atoms with Gasteiger partial charge in [-0.05, 0) is 36.8 Å². The monoisotopic (exact) mass is 375 g/mol. The van der Waals surface area contributed by atoms with Gasteiger partial charge < -0.3 is 15.2 Å². The Morgan fingerprint density at radius 2 is 1.96 bits per heavy atom. The lowest BCUT2D eigenvalue weighted by molar-refractivity contribution is 0.243. The lowest BCUT2D eigenvalue weighted by atomic mass is 10.1. The molecule has 2 atom stereocenters. The number of piperidine rings is 1. The maximum Gasteiger partial charge on any atom is 0.206 e. The smallest absolute Gasteiger partial charge is 0.206 e. The first kappa shape index (κ1) is 17.9. The van der Waals surface area contributed by atoms with Crippen molar-refractivity contribution in [3.8, 4) is 12.1 Å². The molecule has 1 fully saturated rings. The normalized spacial score (nSPS) is 19.4. The zero-order chi connectivity index (χ0) is 19.7. The average molecular weight is 375 g/mol. The highest BCUT2D eigenvalue weighted by atomic mass is 19.1. The highest BCUT2D eigenvalue weighted by Gasteiger charge is 2.29. The number of fused-ring (bicyclic) bond motifs is 1. The van der Waals surface area contributed by atoms with Gasteiger partial charge in [-0.1, -0.05) is 0 Å². The predicted octanol–water partition coefficient (Wildman–Crippen LogP) is 2.10. The van der Waals surface area contributed by atoms with Gasteiger partial charge in [0.1, 0.15) is 12.2 Å². The maximum atomic E-state index is 13.8. The average Bonchev–Trinajstić information content (AvgIpc) is 3.08. The lowest BCUT2D eigenvalue weighted by Gasteiger charge is -2.34. The molecule has 3 aromatic rings. The van der Waals surface area contributed by atoms with Gasteiger partial charge in [-0.2, -0.15) is 10.5 Å². The number of aromatic nitrogens is 3. The van der Waals surface area contributed by atoms with E-state index in [0.717, 1.165) is 16.7 Å². The van der Waals surface area contributed by atoms with E-state index in [1.807, 2.05) is 15.5 Å². The maximum absolute atomic E-state index is 13.8. The fraction of sp³-hybridized carbons (Fsp3) is 0.300. The van der Waals surface area contributed by atoms with Crippen LogP contribution < -0.4 is 10.6 Å². The molecule has 2 N–H and O–H groups in total. The van der Waals surface area contributed by atoms with E-state index in [1.165, 1.54) is 6.20 Å². The molecule has 140 valence electrons. The molecule has 0 bridgehead atoms. The highest BCUT2D eigenvalue weighted by molar-refractivity contribution is 5.80. The van der Waals surface area contributed by atoms with Crippen LogP contribution in [0.4, 0.5) is 10.3 Å². The molecular weight excluding hydrogens is 357 g/mol. The number of alkyl halides is 1. The van der Waals surface area contributed by atoms with Crippen LogP contribution in [0.15, 0.2) is 36.5 Å². The molecule has 0 saturated carbocycles. The molecule has 0 aliphatic carbocycles. The minimum Gasteiger partial charge on any atom is -0.340 e. The number of rotatable bonds is 3. The molecule has 0 amide bonds. The number of benzene rings is 1. The molecule has 28 heavy (non-hydrogen) atoms. The molecule has 1 aliphatic heterocycles. The first-order valence-electron chi connectivity index (χ1n) is 8.99. The molecule has 4 rings (SSSR count). The van der Waals surface area contributed by atoms with Crippen molar-refractivity contribution >= 4 is 17.0 Å². The molecule has 0 unspecified atom stereocenters. The second-order valence-electron chi connectivity index (χ2n) is 6.88. The third-order valence-corrected chi connectivity index (χ3v) is 4.98. The highest BCUT2D eigenvalue weighted by Crippen LogP contribution is 2.27. The van der Waals surface area contributed by atoms with Gasteiger partial charge in [0.15, 0.2) is 0 Å². The summed E-state index contributed by atoms with van der Waals surface area (Å²) in [5.41, 5.74) is 9.27. The van der Waals surface area contributed by atoms with Crippen LogP contribution in [0.3, 0.4) is 0 Å². The van der Waals surface area contributed by atoms with Crippen molar-refractivity contribution in [1.82, 2.24) is 14.5 Å². The third kappa shape index (κ3) is 3.26. The number of nitrogens with zero attached hydrogens (tertiary/aromatic N) is 6. The van der Waals surface area contributed by atoms with E-state index in [4.69, 9.17) is 16.0 Å².